The maximum atomic E-state index is 11.3. The van der Waals surface area contributed by atoms with Crippen molar-refractivity contribution in [1.82, 2.24) is 5.32 Å². The average molecular weight is 153 g/mol. The number of allylic oxidation sites excluding steroid dienone is 1. The fraction of sp³-hybridized carbons (Fsp3) is 0.400. The molecular weight excluding hydrogens is 147 g/mol. The van der Waals surface area contributed by atoms with Crippen molar-refractivity contribution >= 4 is 5.91 Å². The van der Waals surface area contributed by atoms with Gasteiger partial charge in [-0.25, -0.2) is 0 Å². The lowest BCUT2D eigenvalue weighted by molar-refractivity contribution is -0.166. The van der Waals surface area contributed by atoms with Crippen LogP contribution < -0.4 is 5.32 Å². The Labute approximate surface area is 55.7 Å². The summed E-state index contributed by atoms with van der Waals surface area (Å²) in [5, 5.41) is 0.794. The van der Waals surface area contributed by atoms with Gasteiger partial charge in [0.15, 0.2) is 0 Å². The fourth-order valence-corrected chi connectivity index (χ4v) is 0.333. The van der Waals surface area contributed by atoms with Crippen molar-refractivity contribution in [3.05, 3.63) is 12.2 Å². The van der Waals surface area contributed by atoms with Gasteiger partial charge >= 0.3 is 6.30 Å². The van der Waals surface area contributed by atoms with Crippen LogP contribution in [0.2, 0.25) is 0 Å². The lowest BCUT2D eigenvalue weighted by Crippen LogP contribution is -2.35. The van der Waals surface area contributed by atoms with Crippen LogP contribution in [0.4, 0.5) is 13.2 Å². The van der Waals surface area contributed by atoms with Crippen LogP contribution in [0.3, 0.4) is 0 Å². The molecule has 0 heterocycles. The second-order valence-corrected chi connectivity index (χ2v) is 1.49. The van der Waals surface area contributed by atoms with Gasteiger partial charge in [0, 0.05) is 0 Å². The number of carbonyl (C=O) groups is 1. The molecule has 1 amide bonds. The van der Waals surface area contributed by atoms with Gasteiger partial charge in [-0.2, -0.15) is 13.2 Å². The van der Waals surface area contributed by atoms with Gasteiger partial charge < -0.3 is 0 Å². The molecule has 0 fully saturated rings. The van der Waals surface area contributed by atoms with Gasteiger partial charge in [-0.1, -0.05) is 6.08 Å². The lowest BCUT2D eigenvalue weighted by atomic mass is 10.5. The molecule has 0 saturated heterocycles. The summed E-state index contributed by atoms with van der Waals surface area (Å²) < 4.78 is 33.8. The molecule has 0 saturated carbocycles. The predicted octanol–water partition coefficient (Wildman–Crippen LogP) is 1.20. The molecule has 0 radical (unpaired) electrons. The molecule has 0 atom stereocenters. The van der Waals surface area contributed by atoms with Gasteiger partial charge in [-0.3, -0.25) is 10.1 Å². The third-order valence-electron chi connectivity index (χ3n) is 0.583. The topological polar surface area (TPSA) is 29.1 Å². The molecule has 2 nitrogen and oxygen atoms in total. The molecule has 0 aliphatic rings. The van der Waals surface area contributed by atoms with Gasteiger partial charge in [0.1, 0.15) is 0 Å². The average Bonchev–Trinajstić information content (AvgIpc) is 1.59. The summed E-state index contributed by atoms with van der Waals surface area (Å²) in [6.45, 7) is 1.45. The van der Waals surface area contributed by atoms with Crippen molar-refractivity contribution in [2.24, 2.45) is 0 Å². The van der Waals surface area contributed by atoms with Gasteiger partial charge in [0.2, 0.25) is 5.91 Å². The first-order chi connectivity index (χ1) is 4.45. The smallest absolute Gasteiger partial charge is 0.270 e. The van der Waals surface area contributed by atoms with E-state index in [0.717, 1.165) is 11.4 Å². The van der Waals surface area contributed by atoms with E-state index in [4.69, 9.17) is 0 Å². The summed E-state index contributed by atoms with van der Waals surface area (Å²) in [6, 6.07) is 0. The molecule has 0 aromatic heterocycles. The van der Waals surface area contributed by atoms with E-state index in [-0.39, 0.29) is 0 Å². The van der Waals surface area contributed by atoms with Crippen LogP contribution >= 0.6 is 0 Å². The first-order valence-electron chi connectivity index (χ1n) is 2.47. The predicted molar refractivity (Wildman–Crippen MR) is 29.0 cm³/mol. The van der Waals surface area contributed by atoms with Gasteiger partial charge in [0.05, 0.1) is 0 Å². The summed E-state index contributed by atoms with van der Waals surface area (Å²) in [4.78, 5) is 10.1. The second kappa shape index (κ2) is 3.24. The molecule has 1 N–H and O–H groups in total. The van der Waals surface area contributed by atoms with Crippen molar-refractivity contribution in [1.29, 1.82) is 0 Å². The molecule has 0 aromatic rings. The van der Waals surface area contributed by atoms with Crippen LogP contribution in [-0.4, -0.2) is 12.2 Å². The first-order valence-corrected chi connectivity index (χ1v) is 2.47. The third kappa shape index (κ3) is 5.14. The SMILES string of the molecule is CC=CC(=O)NC(F)(F)F. The molecule has 5 heteroatoms. The Bertz CT molecular complexity index is 149. The minimum Gasteiger partial charge on any atom is -0.270 e. The van der Waals surface area contributed by atoms with Gasteiger partial charge in [-0.15, -0.1) is 0 Å². The van der Waals surface area contributed by atoms with Crippen LogP contribution in [0.25, 0.3) is 0 Å². The van der Waals surface area contributed by atoms with E-state index in [1.54, 1.807) is 0 Å². The number of rotatable bonds is 1. The summed E-state index contributed by atoms with van der Waals surface area (Å²) in [6.07, 6.45) is -2.61. The molecule has 0 unspecified atom stereocenters. The molecular formula is C5H6F3NO. The summed E-state index contributed by atoms with van der Waals surface area (Å²) in [5.41, 5.74) is 0. The van der Waals surface area contributed by atoms with Crippen molar-refractivity contribution in [2.45, 2.75) is 13.2 Å². The molecule has 0 aliphatic heterocycles. The number of halogens is 3. The van der Waals surface area contributed by atoms with Crippen LogP contribution in [0.1, 0.15) is 6.92 Å². The first kappa shape index (κ1) is 9.00. The third-order valence-corrected chi connectivity index (χ3v) is 0.583. The van der Waals surface area contributed by atoms with E-state index in [1.165, 1.54) is 13.0 Å². The Balaban J connectivity index is 3.81. The monoisotopic (exact) mass is 153 g/mol. The zero-order chi connectivity index (χ0) is 8.20. The Kier molecular flexibility index (Phi) is 2.92. The summed E-state index contributed by atoms with van der Waals surface area (Å²) >= 11 is 0. The molecule has 0 aromatic carbocycles. The Hall–Kier alpha value is -1.00. The van der Waals surface area contributed by atoms with Crippen molar-refractivity contribution < 1.29 is 18.0 Å². The van der Waals surface area contributed by atoms with Crippen LogP contribution in [0.15, 0.2) is 12.2 Å². The summed E-state index contributed by atoms with van der Waals surface area (Å²) in [7, 11) is 0. The highest BCUT2D eigenvalue weighted by molar-refractivity contribution is 5.87. The van der Waals surface area contributed by atoms with Crippen LogP contribution in [0.5, 0.6) is 0 Å². The number of nitrogens with one attached hydrogen (secondary N) is 1. The van der Waals surface area contributed by atoms with E-state index in [9.17, 15) is 18.0 Å². The molecule has 0 bridgehead atoms. The zero-order valence-corrected chi connectivity index (χ0v) is 5.20. The van der Waals surface area contributed by atoms with Crippen molar-refractivity contribution in [3.8, 4) is 0 Å². The molecule has 10 heavy (non-hydrogen) atoms. The normalized spacial score (nSPS) is 12.0. The molecule has 0 aliphatic carbocycles. The van der Waals surface area contributed by atoms with Crippen LogP contribution in [-0.2, 0) is 4.79 Å². The van der Waals surface area contributed by atoms with Gasteiger partial charge in [0.25, 0.3) is 0 Å². The van der Waals surface area contributed by atoms with E-state index in [1.807, 2.05) is 0 Å². The maximum absolute atomic E-state index is 11.3. The Morgan fingerprint density at radius 1 is 1.50 bits per heavy atom. The number of amides is 1. The second-order valence-electron chi connectivity index (χ2n) is 1.49. The van der Waals surface area contributed by atoms with E-state index in [0.29, 0.717) is 0 Å². The zero-order valence-electron chi connectivity index (χ0n) is 5.20. The fourth-order valence-electron chi connectivity index (χ4n) is 0.333. The highest BCUT2D eigenvalue weighted by atomic mass is 19.4. The standard InChI is InChI=1S/C5H6F3NO/c1-2-3-4(10)9-5(6,7)8/h2-3H,1H3,(H,9,10). The summed E-state index contributed by atoms with van der Waals surface area (Å²) in [5.74, 6) is -1.16. The highest BCUT2D eigenvalue weighted by Gasteiger charge is 2.28. The van der Waals surface area contributed by atoms with Crippen molar-refractivity contribution in [3.63, 3.8) is 0 Å². The van der Waals surface area contributed by atoms with E-state index in [2.05, 4.69) is 0 Å². The minimum atomic E-state index is -4.63. The number of hydrogen-bond donors (Lipinski definition) is 1. The maximum Gasteiger partial charge on any atom is 0.484 e. The largest absolute Gasteiger partial charge is 0.484 e. The minimum absolute atomic E-state index is 0.794. The molecule has 0 spiro atoms. The van der Waals surface area contributed by atoms with E-state index < -0.39 is 12.2 Å². The molecule has 0 rings (SSSR count). The van der Waals surface area contributed by atoms with E-state index >= 15 is 0 Å². The number of hydrogen-bond acceptors (Lipinski definition) is 1. The van der Waals surface area contributed by atoms with Crippen molar-refractivity contribution in [2.75, 3.05) is 0 Å². The quantitative estimate of drug-likeness (QED) is 0.445. The van der Waals surface area contributed by atoms with Crippen LogP contribution in [0, 0.1) is 0 Å². The number of carbonyl (C=O) groups excluding carboxylic acids is 1. The Morgan fingerprint density at radius 3 is 2.30 bits per heavy atom. The lowest BCUT2D eigenvalue weighted by Gasteiger charge is -2.04. The van der Waals surface area contributed by atoms with Gasteiger partial charge in [-0.05, 0) is 13.0 Å². The Morgan fingerprint density at radius 2 is 2.00 bits per heavy atom. The number of alkyl halides is 3. The molecule has 58 valence electrons. The highest BCUT2D eigenvalue weighted by Crippen LogP contribution is 2.08.